The molecule has 0 bridgehead atoms. The molecule has 0 aliphatic carbocycles. The smallest absolute Gasteiger partial charge is 0.121 e. The fraction of sp³-hybridized carbons (Fsp3) is 0.250. The second-order valence-electron chi connectivity index (χ2n) is 4.63. The summed E-state index contributed by atoms with van der Waals surface area (Å²) in [5.41, 5.74) is 5.16. The molecule has 0 fully saturated rings. The highest BCUT2D eigenvalue weighted by Gasteiger charge is 2.05. The first-order valence-corrected chi connectivity index (χ1v) is 6.12. The Morgan fingerprint density at radius 1 is 0.889 bits per heavy atom. The second-order valence-corrected chi connectivity index (χ2v) is 4.63. The summed E-state index contributed by atoms with van der Waals surface area (Å²) in [6.45, 7) is 3.99. The van der Waals surface area contributed by atoms with Gasteiger partial charge in [0.25, 0.3) is 0 Å². The highest BCUT2D eigenvalue weighted by Crippen LogP contribution is 2.29. The maximum Gasteiger partial charge on any atom is 0.121 e. The number of aromatic hydroxyl groups is 1. The van der Waals surface area contributed by atoms with Gasteiger partial charge in [-0.1, -0.05) is 24.3 Å². The van der Waals surface area contributed by atoms with E-state index in [1.54, 1.807) is 0 Å². The van der Waals surface area contributed by atoms with Crippen molar-refractivity contribution in [2.45, 2.75) is 20.3 Å². The molecule has 0 aromatic heterocycles. The van der Waals surface area contributed by atoms with Crippen LogP contribution in [0.3, 0.4) is 0 Å². The van der Waals surface area contributed by atoms with Crippen LogP contribution in [0.1, 0.15) is 16.7 Å². The minimum atomic E-state index is 0.177. The molecule has 94 valence electrons. The van der Waals surface area contributed by atoms with E-state index in [1.165, 1.54) is 0 Å². The topological polar surface area (TPSA) is 40.5 Å². The lowest BCUT2D eigenvalue weighted by atomic mass is 9.98. The van der Waals surface area contributed by atoms with Crippen molar-refractivity contribution in [3.63, 3.8) is 0 Å². The molecule has 2 heteroatoms. The van der Waals surface area contributed by atoms with Gasteiger partial charge in [-0.15, -0.1) is 0 Å². The van der Waals surface area contributed by atoms with Crippen LogP contribution in [0.2, 0.25) is 0 Å². The van der Waals surface area contributed by atoms with Gasteiger partial charge in [0, 0.05) is 6.61 Å². The summed E-state index contributed by atoms with van der Waals surface area (Å²) in [4.78, 5) is 0. The molecule has 0 radical (unpaired) electrons. The molecule has 0 spiro atoms. The molecule has 0 atom stereocenters. The van der Waals surface area contributed by atoms with Crippen LogP contribution in [-0.2, 0) is 6.42 Å². The SMILES string of the molecule is Cc1cc(-c2ccc(CCO)cc2)cc(C)c1O. The molecular formula is C16H18O2. The van der Waals surface area contributed by atoms with Crippen LogP contribution in [0, 0.1) is 13.8 Å². The lowest BCUT2D eigenvalue weighted by molar-refractivity contribution is 0.299. The Morgan fingerprint density at radius 3 is 1.94 bits per heavy atom. The molecule has 2 N–H and O–H groups in total. The van der Waals surface area contributed by atoms with Crippen LogP contribution in [0.15, 0.2) is 36.4 Å². The van der Waals surface area contributed by atoms with Crippen molar-refractivity contribution in [2.24, 2.45) is 0 Å². The number of phenolic OH excluding ortho intramolecular Hbond substituents is 1. The van der Waals surface area contributed by atoms with Gasteiger partial charge in [0.1, 0.15) is 5.75 Å². The third-order valence-corrected chi connectivity index (χ3v) is 3.18. The molecule has 2 aromatic carbocycles. The number of phenols is 1. The summed E-state index contributed by atoms with van der Waals surface area (Å²) in [5, 5.41) is 18.6. The van der Waals surface area contributed by atoms with E-state index in [1.807, 2.05) is 38.1 Å². The number of aliphatic hydroxyl groups excluding tert-OH is 1. The van der Waals surface area contributed by atoms with E-state index in [9.17, 15) is 5.11 Å². The third-order valence-electron chi connectivity index (χ3n) is 3.18. The summed E-state index contributed by atoms with van der Waals surface area (Å²) in [7, 11) is 0. The number of hydrogen-bond acceptors (Lipinski definition) is 2. The first-order chi connectivity index (χ1) is 8.61. The van der Waals surface area contributed by atoms with Gasteiger partial charge in [-0.2, -0.15) is 0 Å². The molecule has 18 heavy (non-hydrogen) atoms. The van der Waals surface area contributed by atoms with Gasteiger partial charge in [0.05, 0.1) is 0 Å². The molecule has 0 saturated heterocycles. The lowest BCUT2D eigenvalue weighted by Crippen LogP contribution is -1.90. The Morgan fingerprint density at radius 2 is 1.44 bits per heavy atom. The van der Waals surface area contributed by atoms with Gasteiger partial charge >= 0.3 is 0 Å². The Hall–Kier alpha value is -1.80. The number of hydrogen-bond donors (Lipinski definition) is 2. The van der Waals surface area contributed by atoms with E-state index >= 15 is 0 Å². The van der Waals surface area contributed by atoms with Gasteiger partial charge in [-0.3, -0.25) is 0 Å². The minimum Gasteiger partial charge on any atom is -0.507 e. The van der Waals surface area contributed by atoms with E-state index in [4.69, 9.17) is 5.11 Å². The van der Waals surface area contributed by atoms with Crippen LogP contribution in [0.25, 0.3) is 11.1 Å². The maximum absolute atomic E-state index is 9.76. The quantitative estimate of drug-likeness (QED) is 0.867. The number of aryl methyl sites for hydroxylation is 2. The van der Waals surface area contributed by atoms with Crippen molar-refractivity contribution in [3.05, 3.63) is 53.1 Å². The highest BCUT2D eigenvalue weighted by atomic mass is 16.3. The van der Waals surface area contributed by atoms with Crippen LogP contribution < -0.4 is 0 Å². The Balaban J connectivity index is 2.36. The van der Waals surface area contributed by atoms with Crippen LogP contribution in [0.4, 0.5) is 0 Å². The lowest BCUT2D eigenvalue weighted by Gasteiger charge is -2.09. The van der Waals surface area contributed by atoms with Crippen molar-refractivity contribution in [3.8, 4) is 16.9 Å². The normalized spacial score (nSPS) is 10.6. The summed E-state index contributed by atoms with van der Waals surface area (Å²) < 4.78 is 0. The molecule has 2 nitrogen and oxygen atoms in total. The van der Waals surface area contributed by atoms with E-state index in [-0.39, 0.29) is 6.61 Å². The molecule has 2 aromatic rings. The highest BCUT2D eigenvalue weighted by molar-refractivity contribution is 5.67. The number of aliphatic hydroxyl groups is 1. The monoisotopic (exact) mass is 242 g/mol. The van der Waals surface area contributed by atoms with E-state index < -0.39 is 0 Å². The Bertz CT molecular complexity index is 519. The Kier molecular flexibility index (Phi) is 3.68. The minimum absolute atomic E-state index is 0.177. The summed E-state index contributed by atoms with van der Waals surface area (Å²) in [5.74, 6) is 0.371. The van der Waals surface area contributed by atoms with Crippen molar-refractivity contribution in [1.29, 1.82) is 0 Å². The van der Waals surface area contributed by atoms with Gasteiger partial charge in [-0.25, -0.2) is 0 Å². The number of benzene rings is 2. The molecule has 0 aliphatic rings. The van der Waals surface area contributed by atoms with Crippen LogP contribution in [0.5, 0.6) is 5.75 Å². The average molecular weight is 242 g/mol. The van der Waals surface area contributed by atoms with E-state index in [2.05, 4.69) is 12.1 Å². The molecule has 2 rings (SSSR count). The number of rotatable bonds is 3. The Labute approximate surface area is 108 Å². The van der Waals surface area contributed by atoms with E-state index in [0.29, 0.717) is 12.2 Å². The zero-order chi connectivity index (χ0) is 13.1. The predicted octanol–water partition coefficient (Wildman–Crippen LogP) is 3.21. The van der Waals surface area contributed by atoms with Crippen molar-refractivity contribution in [2.75, 3.05) is 6.61 Å². The molecule has 0 heterocycles. The van der Waals surface area contributed by atoms with Gasteiger partial charge in [0.15, 0.2) is 0 Å². The summed E-state index contributed by atoms with van der Waals surface area (Å²) >= 11 is 0. The standard InChI is InChI=1S/C16H18O2/c1-11-9-15(10-12(2)16(11)18)14-5-3-13(4-6-14)7-8-17/h3-6,9-10,17-18H,7-8H2,1-2H3. The first kappa shape index (κ1) is 12.7. The summed E-state index contributed by atoms with van der Waals surface area (Å²) in [6, 6.07) is 12.1. The predicted molar refractivity (Wildman–Crippen MR) is 73.8 cm³/mol. The van der Waals surface area contributed by atoms with Crippen molar-refractivity contribution >= 4 is 0 Å². The largest absolute Gasteiger partial charge is 0.507 e. The van der Waals surface area contributed by atoms with Crippen LogP contribution >= 0.6 is 0 Å². The zero-order valence-corrected chi connectivity index (χ0v) is 10.8. The molecule has 0 aliphatic heterocycles. The average Bonchev–Trinajstić information content (AvgIpc) is 2.37. The fourth-order valence-electron chi connectivity index (χ4n) is 2.12. The molecule has 0 unspecified atom stereocenters. The van der Waals surface area contributed by atoms with Crippen molar-refractivity contribution in [1.82, 2.24) is 0 Å². The second kappa shape index (κ2) is 5.23. The van der Waals surface area contributed by atoms with E-state index in [0.717, 1.165) is 27.8 Å². The summed E-state index contributed by atoms with van der Waals surface area (Å²) in [6.07, 6.45) is 0.688. The maximum atomic E-state index is 9.76. The third kappa shape index (κ3) is 2.54. The van der Waals surface area contributed by atoms with Gasteiger partial charge in [0.2, 0.25) is 0 Å². The first-order valence-electron chi connectivity index (χ1n) is 6.12. The molecule has 0 amide bonds. The molecule has 0 saturated carbocycles. The van der Waals surface area contributed by atoms with Gasteiger partial charge < -0.3 is 10.2 Å². The zero-order valence-electron chi connectivity index (χ0n) is 10.8. The fourth-order valence-corrected chi connectivity index (χ4v) is 2.12. The molecular weight excluding hydrogens is 224 g/mol. The van der Waals surface area contributed by atoms with Crippen molar-refractivity contribution < 1.29 is 10.2 Å². The van der Waals surface area contributed by atoms with Crippen LogP contribution in [-0.4, -0.2) is 16.8 Å². The van der Waals surface area contributed by atoms with Gasteiger partial charge in [-0.05, 0) is 60.2 Å².